The van der Waals surface area contributed by atoms with Gasteiger partial charge in [0.05, 0.1) is 4.90 Å². The number of ketones is 1. The second-order valence-corrected chi connectivity index (χ2v) is 5.25. The van der Waals surface area contributed by atoms with Crippen molar-refractivity contribution in [2.24, 2.45) is 0 Å². The Labute approximate surface area is 102 Å². The molecular weight excluding hydrogens is 302 g/mol. The van der Waals surface area contributed by atoms with Crippen molar-refractivity contribution in [1.82, 2.24) is 0 Å². The molecule has 106 valence electrons. The topological polar surface area (TPSA) is 51.2 Å². The standard InChI is InChI=1S/C9H4F6O3S/c10-8(11,12)7(16)5-2-1-3-6(4-5)19(17,18)9(13,14)15/h1-4H. The van der Waals surface area contributed by atoms with Crippen LogP contribution in [0.2, 0.25) is 0 Å². The minimum Gasteiger partial charge on any atom is -0.284 e. The van der Waals surface area contributed by atoms with Crippen LogP contribution in [0.3, 0.4) is 0 Å². The average molecular weight is 306 g/mol. The molecule has 0 heterocycles. The van der Waals surface area contributed by atoms with E-state index in [0.717, 1.165) is 0 Å². The number of alkyl halides is 6. The van der Waals surface area contributed by atoms with Gasteiger partial charge in [0, 0.05) is 5.56 Å². The number of carbonyl (C=O) groups excluding carboxylic acids is 1. The lowest BCUT2D eigenvalue weighted by atomic mass is 10.1. The van der Waals surface area contributed by atoms with Crippen molar-refractivity contribution in [1.29, 1.82) is 0 Å². The molecule has 0 aliphatic carbocycles. The maximum atomic E-state index is 12.2. The van der Waals surface area contributed by atoms with E-state index < -0.39 is 37.8 Å². The number of carbonyl (C=O) groups is 1. The Morgan fingerprint density at radius 2 is 1.53 bits per heavy atom. The zero-order chi connectivity index (χ0) is 15.1. The van der Waals surface area contributed by atoms with E-state index in [1.54, 1.807) is 0 Å². The molecule has 0 spiro atoms. The van der Waals surface area contributed by atoms with Gasteiger partial charge in [-0.15, -0.1) is 0 Å². The normalized spacial score (nSPS) is 13.4. The fraction of sp³-hybridized carbons (Fsp3) is 0.222. The van der Waals surface area contributed by atoms with Crippen LogP contribution in [0.1, 0.15) is 10.4 Å². The first-order valence-corrected chi connectivity index (χ1v) is 5.88. The second-order valence-electron chi connectivity index (χ2n) is 3.30. The summed E-state index contributed by atoms with van der Waals surface area (Å²) in [6.45, 7) is 0. The van der Waals surface area contributed by atoms with Crippen LogP contribution in [0.15, 0.2) is 29.2 Å². The molecule has 1 aromatic carbocycles. The maximum Gasteiger partial charge on any atom is 0.501 e. The molecule has 10 heteroatoms. The predicted octanol–water partition coefficient (Wildman–Crippen LogP) is 2.73. The van der Waals surface area contributed by atoms with Crippen LogP contribution in [0.5, 0.6) is 0 Å². The number of sulfone groups is 1. The molecule has 0 aliphatic heterocycles. The Bertz CT molecular complexity index is 599. The molecule has 0 N–H and O–H groups in total. The van der Waals surface area contributed by atoms with Crippen molar-refractivity contribution in [3.05, 3.63) is 29.8 Å². The van der Waals surface area contributed by atoms with E-state index >= 15 is 0 Å². The number of benzene rings is 1. The monoisotopic (exact) mass is 306 g/mol. The molecule has 1 aromatic rings. The molecule has 0 radical (unpaired) electrons. The van der Waals surface area contributed by atoms with Crippen LogP contribution in [-0.4, -0.2) is 25.9 Å². The SMILES string of the molecule is O=C(c1cccc(S(=O)(=O)C(F)(F)F)c1)C(F)(F)F. The van der Waals surface area contributed by atoms with Gasteiger partial charge in [0.1, 0.15) is 0 Å². The Morgan fingerprint density at radius 3 is 1.95 bits per heavy atom. The molecule has 0 aliphatic rings. The van der Waals surface area contributed by atoms with Gasteiger partial charge in [-0.05, 0) is 12.1 Å². The summed E-state index contributed by atoms with van der Waals surface area (Å²) in [5.74, 6) is -2.42. The first-order valence-electron chi connectivity index (χ1n) is 4.40. The minimum absolute atomic E-state index is 0.0403. The Hall–Kier alpha value is -1.58. The molecule has 0 saturated heterocycles. The molecule has 1 rings (SSSR count). The van der Waals surface area contributed by atoms with Gasteiger partial charge in [-0.3, -0.25) is 4.79 Å². The lowest BCUT2D eigenvalue weighted by Crippen LogP contribution is -2.25. The lowest BCUT2D eigenvalue weighted by molar-refractivity contribution is -0.0885. The van der Waals surface area contributed by atoms with Crippen LogP contribution in [0.25, 0.3) is 0 Å². The van der Waals surface area contributed by atoms with Crippen molar-refractivity contribution < 1.29 is 39.6 Å². The molecule has 0 aromatic heterocycles. The van der Waals surface area contributed by atoms with Crippen molar-refractivity contribution in [3.63, 3.8) is 0 Å². The summed E-state index contributed by atoms with van der Waals surface area (Å²) in [4.78, 5) is 9.37. The molecule has 0 saturated carbocycles. The maximum absolute atomic E-state index is 12.2. The third-order valence-electron chi connectivity index (χ3n) is 1.97. The van der Waals surface area contributed by atoms with Gasteiger partial charge in [-0.1, -0.05) is 12.1 Å². The quantitative estimate of drug-likeness (QED) is 0.623. The van der Waals surface area contributed by atoms with Gasteiger partial charge in [0.15, 0.2) is 0 Å². The predicted molar refractivity (Wildman–Crippen MR) is 50.1 cm³/mol. The molecule has 3 nitrogen and oxygen atoms in total. The van der Waals surface area contributed by atoms with Crippen LogP contribution in [0, 0.1) is 0 Å². The van der Waals surface area contributed by atoms with Crippen LogP contribution in [0.4, 0.5) is 26.3 Å². The van der Waals surface area contributed by atoms with E-state index in [-0.39, 0.29) is 6.07 Å². The van der Waals surface area contributed by atoms with Gasteiger partial charge < -0.3 is 0 Å². The zero-order valence-electron chi connectivity index (χ0n) is 8.71. The van der Waals surface area contributed by atoms with Crippen LogP contribution in [-0.2, 0) is 9.84 Å². The number of halogens is 6. The third-order valence-corrected chi connectivity index (χ3v) is 3.45. The Morgan fingerprint density at radius 1 is 1.00 bits per heavy atom. The highest BCUT2D eigenvalue weighted by molar-refractivity contribution is 7.92. The van der Waals surface area contributed by atoms with Gasteiger partial charge in [-0.25, -0.2) is 8.42 Å². The highest BCUT2D eigenvalue weighted by Crippen LogP contribution is 2.31. The number of Topliss-reactive ketones (excluding diaryl/α,β-unsaturated/α-hetero) is 1. The lowest BCUT2D eigenvalue weighted by Gasteiger charge is -2.10. The van der Waals surface area contributed by atoms with Gasteiger partial charge in [0.25, 0.3) is 15.6 Å². The van der Waals surface area contributed by atoms with Crippen molar-refractivity contribution in [2.75, 3.05) is 0 Å². The van der Waals surface area contributed by atoms with Crippen LogP contribution < -0.4 is 0 Å². The van der Waals surface area contributed by atoms with Gasteiger partial charge in [0.2, 0.25) is 0 Å². The van der Waals surface area contributed by atoms with E-state index in [0.29, 0.717) is 18.2 Å². The average Bonchev–Trinajstić information content (AvgIpc) is 2.25. The smallest absolute Gasteiger partial charge is 0.284 e. The van der Waals surface area contributed by atoms with Crippen molar-refractivity contribution in [3.8, 4) is 0 Å². The van der Waals surface area contributed by atoms with Gasteiger partial charge >= 0.3 is 11.7 Å². The summed E-state index contributed by atoms with van der Waals surface area (Å²) in [5.41, 5.74) is -6.84. The van der Waals surface area contributed by atoms with E-state index in [4.69, 9.17) is 0 Å². The Balaban J connectivity index is 3.35. The Kier molecular flexibility index (Phi) is 3.67. The molecular formula is C9H4F6O3S. The first-order chi connectivity index (χ1) is 8.37. The number of hydrogen-bond donors (Lipinski definition) is 0. The third kappa shape index (κ3) is 3.06. The molecule has 0 bridgehead atoms. The summed E-state index contributed by atoms with van der Waals surface area (Å²) in [6.07, 6.45) is -5.30. The van der Waals surface area contributed by atoms with Crippen molar-refractivity contribution in [2.45, 2.75) is 16.6 Å². The number of rotatable bonds is 2. The van der Waals surface area contributed by atoms with E-state index in [1.807, 2.05) is 0 Å². The van der Waals surface area contributed by atoms with E-state index in [1.165, 1.54) is 0 Å². The second kappa shape index (κ2) is 4.51. The number of hydrogen-bond acceptors (Lipinski definition) is 3. The summed E-state index contributed by atoms with van der Waals surface area (Å²) in [6, 6.07) is 1.69. The van der Waals surface area contributed by atoms with Crippen LogP contribution >= 0.6 is 0 Å². The fourth-order valence-electron chi connectivity index (χ4n) is 1.10. The molecule has 0 amide bonds. The van der Waals surface area contributed by atoms with E-state index in [9.17, 15) is 39.6 Å². The summed E-state index contributed by atoms with van der Waals surface area (Å²) < 4.78 is 94.7. The summed E-state index contributed by atoms with van der Waals surface area (Å²) >= 11 is 0. The first kappa shape index (κ1) is 15.5. The largest absolute Gasteiger partial charge is 0.501 e. The highest BCUT2D eigenvalue weighted by Gasteiger charge is 2.47. The molecule has 19 heavy (non-hydrogen) atoms. The highest BCUT2D eigenvalue weighted by atomic mass is 32.2. The van der Waals surface area contributed by atoms with Gasteiger partial charge in [-0.2, -0.15) is 26.3 Å². The molecule has 0 unspecified atom stereocenters. The molecule has 0 fully saturated rings. The molecule has 0 atom stereocenters. The summed E-state index contributed by atoms with van der Waals surface area (Å²) in [7, 11) is -5.80. The summed E-state index contributed by atoms with van der Waals surface area (Å²) in [5, 5.41) is 0. The fourth-order valence-corrected chi connectivity index (χ4v) is 1.91. The zero-order valence-corrected chi connectivity index (χ0v) is 9.53. The van der Waals surface area contributed by atoms with Crippen molar-refractivity contribution >= 4 is 15.6 Å². The van der Waals surface area contributed by atoms with E-state index in [2.05, 4.69) is 0 Å². The minimum atomic E-state index is -5.80.